The summed E-state index contributed by atoms with van der Waals surface area (Å²) in [6, 6.07) is 5.83. The second kappa shape index (κ2) is 7.96. The number of benzene rings is 1. The minimum absolute atomic E-state index is 0.292. The number of piperidine rings is 1. The molecule has 1 aliphatic carbocycles. The number of aromatic nitrogens is 1. The lowest BCUT2D eigenvalue weighted by Crippen LogP contribution is -2.56. The molecule has 0 spiro atoms. The maximum absolute atomic E-state index is 13.1. The lowest BCUT2D eigenvalue weighted by atomic mass is 9.85. The molecule has 31 heavy (non-hydrogen) atoms. The van der Waals surface area contributed by atoms with Crippen molar-refractivity contribution in [3.05, 3.63) is 35.0 Å². The number of aliphatic hydroxyl groups is 1. The fraction of sp³-hybridized carbons (Fsp3) is 0.565. The smallest absolute Gasteiger partial charge is 0.231 e. The average Bonchev–Trinajstić information content (AvgIpc) is 3.40. The van der Waals surface area contributed by atoms with Crippen LogP contribution in [0.4, 0.5) is 10.2 Å². The van der Waals surface area contributed by atoms with E-state index in [1.165, 1.54) is 0 Å². The van der Waals surface area contributed by atoms with Crippen LogP contribution in [-0.2, 0) is 9.53 Å². The number of nitrogens with zero attached hydrogens (tertiary/aromatic N) is 2. The summed E-state index contributed by atoms with van der Waals surface area (Å²) in [5.41, 5.74) is 0.772. The molecule has 2 N–H and O–H groups in total. The Morgan fingerprint density at radius 3 is 2.71 bits per heavy atom. The highest BCUT2D eigenvalue weighted by Gasteiger charge is 2.45. The van der Waals surface area contributed by atoms with Crippen molar-refractivity contribution in [1.82, 2.24) is 9.88 Å². The van der Waals surface area contributed by atoms with E-state index >= 15 is 0 Å². The number of amides is 1. The maximum atomic E-state index is 13.1. The summed E-state index contributed by atoms with van der Waals surface area (Å²) >= 11 is 6.63. The van der Waals surface area contributed by atoms with Gasteiger partial charge >= 0.3 is 0 Å². The number of nitrogens with one attached hydrogen (secondary N) is 1. The largest absolute Gasteiger partial charge is 0.389 e. The van der Waals surface area contributed by atoms with Crippen LogP contribution < -0.4 is 5.32 Å². The van der Waals surface area contributed by atoms with E-state index < -0.39 is 18.2 Å². The third kappa shape index (κ3) is 3.93. The molecule has 0 radical (unpaired) electrons. The van der Waals surface area contributed by atoms with E-state index in [1.807, 2.05) is 12.1 Å². The molecule has 3 heterocycles. The Morgan fingerprint density at radius 1 is 1.32 bits per heavy atom. The van der Waals surface area contributed by atoms with Crippen LogP contribution in [-0.4, -0.2) is 65.0 Å². The van der Waals surface area contributed by atoms with Crippen molar-refractivity contribution in [1.29, 1.82) is 0 Å². The van der Waals surface area contributed by atoms with Gasteiger partial charge in [0.1, 0.15) is 12.0 Å². The highest BCUT2D eigenvalue weighted by atomic mass is 35.5. The van der Waals surface area contributed by atoms with Gasteiger partial charge in [-0.15, -0.1) is 0 Å². The van der Waals surface area contributed by atoms with Gasteiger partial charge in [-0.25, -0.2) is 9.37 Å². The van der Waals surface area contributed by atoms with Gasteiger partial charge in [0.2, 0.25) is 5.91 Å². The Balaban J connectivity index is 1.32. The molecule has 1 aromatic heterocycles. The van der Waals surface area contributed by atoms with Crippen molar-refractivity contribution >= 4 is 34.1 Å². The zero-order chi connectivity index (χ0) is 21.8. The Hall–Kier alpha value is -1.80. The number of fused-ring (bicyclic) bond motifs is 1. The number of halogens is 2. The number of carbonyl (C=O) groups excluding carboxylic acids is 1. The number of aliphatic hydroxyl groups excluding tert-OH is 1. The Bertz CT molecular complexity index is 1010. The maximum Gasteiger partial charge on any atom is 0.231 e. The summed E-state index contributed by atoms with van der Waals surface area (Å²) in [7, 11) is 0. The van der Waals surface area contributed by atoms with Crippen LogP contribution in [0.3, 0.4) is 0 Å². The van der Waals surface area contributed by atoms with Crippen molar-refractivity contribution in [3.63, 3.8) is 0 Å². The molecule has 0 bridgehead atoms. The number of ether oxygens (including phenoxy) is 1. The van der Waals surface area contributed by atoms with Gasteiger partial charge in [0.05, 0.1) is 30.8 Å². The van der Waals surface area contributed by atoms with Gasteiger partial charge in [-0.3, -0.25) is 9.69 Å². The molecule has 1 aromatic carbocycles. The SMILES string of the molecule is C[C@@]1(N2CCC(c3cc4cc(NC(=O)[C@H]5C[C@@H]5F)ncc4cc3Cl)CC2)COC[C@@H]1O. The summed E-state index contributed by atoms with van der Waals surface area (Å²) in [5, 5.41) is 15.6. The van der Waals surface area contributed by atoms with Gasteiger partial charge in [0, 0.05) is 16.6 Å². The normalized spacial score (nSPS) is 31.8. The van der Waals surface area contributed by atoms with E-state index in [0.29, 0.717) is 31.4 Å². The topological polar surface area (TPSA) is 74.7 Å². The Kier molecular flexibility index (Phi) is 5.41. The summed E-state index contributed by atoms with van der Waals surface area (Å²) in [6.45, 7) is 4.77. The summed E-state index contributed by atoms with van der Waals surface area (Å²) in [6.07, 6.45) is 2.38. The van der Waals surface area contributed by atoms with Crippen molar-refractivity contribution in [2.24, 2.45) is 5.92 Å². The lowest BCUT2D eigenvalue weighted by Gasteiger charge is -2.43. The van der Waals surface area contributed by atoms with E-state index in [9.17, 15) is 14.3 Å². The van der Waals surface area contributed by atoms with Crippen LogP contribution in [0.2, 0.25) is 5.02 Å². The molecule has 2 aliphatic heterocycles. The number of hydrogen-bond donors (Lipinski definition) is 2. The van der Waals surface area contributed by atoms with Crippen LogP contribution in [0.1, 0.15) is 37.7 Å². The second-order valence-electron chi connectivity index (χ2n) is 9.29. The van der Waals surface area contributed by atoms with E-state index in [1.54, 1.807) is 6.20 Å². The average molecular weight is 448 g/mol. The van der Waals surface area contributed by atoms with Gasteiger partial charge in [0.25, 0.3) is 0 Å². The number of rotatable bonds is 4. The molecule has 0 unspecified atom stereocenters. The number of alkyl halides is 1. The minimum Gasteiger partial charge on any atom is -0.389 e. The summed E-state index contributed by atoms with van der Waals surface area (Å²) in [5.74, 6) is -0.106. The molecule has 1 amide bonds. The minimum atomic E-state index is -1.03. The van der Waals surface area contributed by atoms with Crippen molar-refractivity contribution in [2.75, 3.05) is 31.6 Å². The highest BCUT2D eigenvalue weighted by Crippen LogP contribution is 2.39. The van der Waals surface area contributed by atoms with Gasteiger partial charge < -0.3 is 15.2 Å². The van der Waals surface area contributed by atoms with E-state index in [2.05, 4.69) is 28.2 Å². The molecular weight excluding hydrogens is 421 g/mol. The highest BCUT2D eigenvalue weighted by molar-refractivity contribution is 6.32. The van der Waals surface area contributed by atoms with Crippen LogP contribution >= 0.6 is 11.6 Å². The number of anilines is 1. The molecule has 3 aliphatic rings. The van der Waals surface area contributed by atoms with Crippen LogP contribution in [0.15, 0.2) is 24.4 Å². The fourth-order valence-corrected chi connectivity index (χ4v) is 5.20. The zero-order valence-electron chi connectivity index (χ0n) is 17.5. The van der Waals surface area contributed by atoms with E-state index in [-0.39, 0.29) is 11.4 Å². The second-order valence-corrected chi connectivity index (χ2v) is 9.69. The molecule has 8 heteroatoms. The lowest BCUT2D eigenvalue weighted by molar-refractivity contribution is -0.117. The van der Waals surface area contributed by atoms with Gasteiger partial charge in [-0.05, 0) is 74.3 Å². The third-order valence-electron chi connectivity index (χ3n) is 7.18. The number of hydrogen-bond acceptors (Lipinski definition) is 5. The third-order valence-corrected chi connectivity index (χ3v) is 7.51. The number of pyridine rings is 1. The van der Waals surface area contributed by atoms with Gasteiger partial charge in [-0.2, -0.15) is 0 Å². The molecule has 166 valence electrons. The molecule has 4 atom stereocenters. The Morgan fingerprint density at radius 2 is 2.06 bits per heavy atom. The van der Waals surface area contributed by atoms with Crippen LogP contribution in [0, 0.1) is 5.92 Å². The molecule has 6 nitrogen and oxygen atoms in total. The zero-order valence-corrected chi connectivity index (χ0v) is 18.2. The standard InChI is InChI=1S/C23H27ClFN3O3/c1-23(12-31-11-20(23)29)28-4-2-13(3-5-28)16-6-14-8-21(26-10-15(14)7-18(16)24)27-22(30)17-9-19(17)25/h6-8,10,13,17,19-20,29H,2-5,9,11-12H2,1H3,(H,26,27,30)/t17-,19-,20-,23+/m0/s1. The number of carbonyl (C=O) groups is 1. The quantitative estimate of drug-likeness (QED) is 0.750. The molecular formula is C23H27ClFN3O3. The first-order valence-corrected chi connectivity index (χ1v) is 11.3. The molecule has 2 saturated heterocycles. The van der Waals surface area contributed by atoms with E-state index in [4.69, 9.17) is 16.3 Å². The molecule has 5 rings (SSSR count). The first-order valence-electron chi connectivity index (χ1n) is 10.9. The van der Waals surface area contributed by atoms with Gasteiger partial charge in [0.15, 0.2) is 0 Å². The van der Waals surface area contributed by atoms with E-state index in [0.717, 1.165) is 47.3 Å². The monoisotopic (exact) mass is 447 g/mol. The molecule has 2 aromatic rings. The number of likely N-dealkylation sites (tertiary alicyclic amines) is 1. The molecule has 3 fully saturated rings. The summed E-state index contributed by atoms with van der Waals surface area (Å²) in [4.78, 5) is 18.7. The van der Waals surface area contributed by atoms with Crippen molar-refractivity contribution < 1.29 is 19.0 Å². The first kappa shape index (κ1) is 21.1. The predicted octanol–water partition coefficient (Wildman–Crippen LogP) is 3.51. The van der Waals surface area contributed by atoms with Gasteiger partial charge in [-0.1, -0.05) is 11.6 Å². The fourth-order valence-electron chi connectivity index (χ4n) is 4.88. The van der Waals surface area contributed by atoms with Crippen molar-refractivity contribution in [3.8, 4) is 0 Å². The Labute approximate surface area is 185 Å². The first-order chi connectivity index (χ1) is 14.8. The predicted molar refractivity (Wildman–Crippen MR) is 117 cm³/mol. The molecule has 1 saturated carbocycles. The van der Waals surface area contributed by atoms with Crippen molar-refractivity contribution in [2.45, 2.75) is 49.9 Å². The van der Waals surface area contributed by atoms with Crippen LogP contribution in [0.25, 0.3) is 10.8 Å². The van der Waals surface area contributed by atoms with Crippen LogP contribution in [0.5, 0.6) is 0 Å². The summed E-state index contributed by atoms with van der Waals surface area (Å²) < 4.78 is 18.6.